The lowest BCUT2D eigenvalue weighted by Gasteiger charge is -2.02. The number of Topliss-reactive ketones (excluding diaryl/α,β-unsaturated/α-hetero) is 1. The molecule has 0 aliphatic rings. The van der Waals surface area contributed by atoms with Crippen molar-refractivity contribution >= 4 is 17.3 Å². The Balaban J connectivity index is 2.25. The molecule has 0 aliphatic carbocycles. The maximum atomic E-state index is 13.2. The van der Waals surface area contributed by atoms with E-state index in [1.54, 1.807) is 0 Å². The fourth-order valence-electron chi connectivity index (χ4n) is 1.24. The number of nitrogens with zero attached hydrogens (tertiary/aromatic N) is 2. The van der Waals surface area contributed by atoms with Gasteiger partial charge in [-0.25, -0.2) is 8.78 Å². The third-order valence-corrected chi connectivity index (χ3v) is 2.74. The minimum atomic E-state index is -0.717. The van der Waals surface area contributed by atoms with Crippen LogP contribution in [-0.2, 0) is 6.42 Å². The van der Waals surface area contributed by atoms with Crippen molar-refractivity contribution in [1.82, 2.24) is 9.59 Å². The van der Waals surface area contributed by atoms with Gasteiger partial charge in [0, 0.05) is 12.0 Å². The van der Waals surface area contributed by atoms with E-state index in [0.717, 1.165) is 23.7 Å². The Bertz CT molecular complexity index is 493. The highest BCUT2D eigenvalue weighted by Crippen LogP contribution is 2.15. The van der Waals surface area contributed by atoms with Crippen molar-refractivity contribution in [3.63, 3.8) is 0 Å². The molecule has 82 valence electrons. The van der Waals surface area contributed by atoms with Gasteiger partial charge >= 0.3 is 0 Å². The summed E-state index contributed by atoms with van der Waals surface area (Å²) in [5.41, 5.74) is -0.221. The number of aromatic nitrogens is 2. The molecular weight excluding hydrogens is 234 g/mol. The third kappa shape index (κ3) is 2.11. The smallest absolute Gasteiger partial charge is 0.180 e. The zero-order chi connectivity index (χ0) is 11.5. The van der Waals surface area contributed by atoms with E-state index in [1.807, 2.05) is 0 Å². The molecule has 0 saturated heterocycles. The Hall–Kier alpha value is -1.69. The SMILES string of the molecule is O=C(Cc1c(F)cccc1F)c1cnns1. The molecule has 0 amide bonds. The molecule has 2 aromatic rings. The van der Waals surface area contributed by atoms with E-state index >= 15 is 0 Å². The molecule has 0 fully saturated rings. The van der Waals surface area contributed by atoms with Crippen molar-refractivity contribution < 1.29 is 13.6 Å². The second-order valence-corrected chi connectivity index (χ2v) is 3.87. The van der Waals surface area contributed by atoms with E-state index < -0.39 is 11.6 Å². The van der Waals surface area contributed by atoms with Crippen LogP contribution in [0.25, 0.3) is 0 Å². The van der Waals surface area contributed by atoms with Crippen molar-refractivity contribution in [2.45, 2.75) is 6.42 Å². The molecule has 0 saturated carbocycles. The molecule has 6 heteroatoms. The average Bonchev–Trinajstić information content (AvgIpc) is 2.76. The van der Waals surface area contributed by atoms with Crippen molar-refractivity contribution in [1.29, 1.82) is 0 Å². The molecular formula is C10H6F2N2OS. The van der Waals surface area contributed by atoms with Gasteiger partial charge in [-0.1, -0.05) is 10.6 Å². The largest absolute Gasteiger partial charge is 0.293 e. The maximum Gasteiger partial charge on any atom is 0.180 e. The van der Waals surface area contributed by atoms with Crippen LogP contribution < -0.4 is 0 Å². The average molecular weight is 240 g/mol. The Morgan fingerprint density at radius 3 is 2.56 bits per heavy atom. The molecule has 0 spiro atoms. The lowest BCUT2D eigenvalue weighted by molar-refractivity contribution is 0.0994. The summed E-state index contributed by atoms with van der Waals surface area (Å²) >= 11 is 0.906. The topological polar surface area (TPSA) is 42.9 Å². The molecule has 0 unspecified atom stereocenters. The van der Waals surface area contributed by atoms with Gasteiger partial charge in [-0.3, -0.25) is 4.79 Å². The Morgan fingerprint density at radius 1 is 1.31 bits per heavy atom. The lowest BCUT2D eigenvalue weighted by Crippen LogP contribution is -2.05. The molecule has 3 nitrogen and oxygen atoms in total. The van der Waals surface area contributed by atoms with Crippen LogP contribution in [0.1, 0.15) is 15.2 Å². The van der Waals surface area contributed by atoms with E-state index in [0.29, 0.717) is 4.88 Å². The molecule has 0 atom stereocenters. The molecule has 2 rings (SSSR count). The zero-order valence-electron chi connectivity index (χ0n) is 7.98. The fraction of sp³-hybridized carbons (Fsp3) is 0.100. The lowest BCUT2D eigenvalue weighted by atomic mass is 10.1. The Labute approximate surface area is 93.9 Å². The highest BCUT2D eigenvalue weighted by Gasteiger charge is 2.15. The van der Waals surface area contributed by atoms with Crippen LogP contribution in [0.5, 0.6) is 0 Å². The van der Waals surface area contributed by atoms with E-state index in [4.69, 9.17) is 0 Å². The summed E-state index contributed by atoms with van der Waals surface area (Å²) < 4.78 is 30.0. The molecule has 1 aromatic heterocycles. The minimum absolute atomic E-state index is 0.221. The van der Waals surface area contributed by atoms with Gasteiger partial charge in [-0.15, -0.1) is 5.10 Å². The van der Waals surface area contributed by atoms with Gasteiger partial charge < -0.3 is 0 Å². The molecule has 0 bridgehead atoms. The first-order chi connectivity index (χ1) is 7.68. The maximum absolute atomic E-state index is 13.2. The number of benzene rings is 1. The second-order valence-electron chi connectivity index (χ2n) is 3.08. The van der Waals surface area contributed by atoms with Gasteiger partial charge in [0.1, 0.15) is 16.5 Å². The van der Waals surface area contributed by atoms with E-state index in [9.17, 15) is 13.6 Å². The monoisotopic (exact) mass is 240 g/mol. The predicted molar refractivity (Wildman–Crippen MR) is 54.3 cm³/mol. The summed E-state index contributed by atoms with van der Waals surface area (Å²) in [4.78, 5) is 11.9. The number of hydrogen-bond acceptors (Lipinski definition) is 4. The van der Waals surface area contributed by atoms with Gasteiger partial charge in [0.2, 0.25) is 0 Å². The summed E-state index contributed by atoms with van der Waals surface area (Å²) in [5.74, 6) is -1.82. The minimum Gasteiger partial charge on any atom is -0.293 e. The summed E-state index contributed by atoms with van der Waals surface area (Å²) in [6, 6.07) is 3.50. The molecule has 1 aromatic carbocycles. The summed E-state index contributed by atoms with van der Waals surface area (Å²) in [7, 11) is 0. The summed E-state index contributed by atoms with van der Waals surface area (Å²) in [6.45, 7) is 0. The highest BCUT2D eigenvalue weighted by molar-refractivity contribution is 7.07. The summed E-state index contributed by atoms with van der Waals surface area (Å²) in [6.07, 6.45) is 0.966. The quantitative estimate of drug-likeness (QED) is 0.773. The number of carbonyl (C=O) groups is 1. The number of ketones is 1. The Kier molecular flexibility index (Phi) is 3.00. The van der Waals surface area contributed by atoms with Crippen LogP contribution in [0.3, 0.4) is 0 Å². The van der Waals surface area contributed by atoms with Crippen molar-refractivity contribution in [2.75, 3.05) is 0 Å². The predicted octanol–water partition coefficient (Wildman–Crippen LogP) is 2.24. The first-order valence-electron chi connectivity index (χ1n) is 4.42. The normalized spacial score (nSPS) is 10.4. The Morgan fingerprint density at radius 2 is 2.00 bits per heavy atom. The number of rotatable bonds is 3. The number of halogens is 2. The van der Waals surface area contributed by atoms with Gasteiger partial charge in [0.15, 0.2) is 5.78 Å². The number of carbonyl (C=O) groups excluding carboxylic acids is 1. The molecule has 0 radical (unpaired) electrons. The van der Waals surface area contributed by atoms with Crippen molar-refractivity contribution in [3.8, 4) is 0 Å². The van der Waals surface area contributed by atoms with Crippen LogP contribution in [0, 0.1) is 11.6 Å². The second kappa shape index (κ2) is 4.44. The van der Waals surface area contributed by atoms with E-state index in [2.05, 4.69) is 9.59 Å². The van der Waals surface area contributed by atoms with Crippen LogP contribution >= 0.6 is 11.5 Å². The molecule has 16 heavy (non-hydrogen) atoms. The van der Waals surface area contributed by atoms with Crippen LogP contribution in [-0.4, -0.2) is 15.4 Å². The highest BCUT2D eigenvalue weighted by atomic mass is 32.1. The fourth-order valence-corrected chi connectivity index (χ4v) is 1.69. The molecule has 0 N–H and O–H groups in total. The van der Waals surface area contributed by atoms with E-state index in [1.165, 1.54) is 12.3 Å². The van der Waals surface area contributed by atoms with Crippen LogP contribution in [0.2, 0.25) is 0 Å². The first kappa shape index (κ1) is 10.8. The third-order valence-electron chi connectivity index (χ3n) is 2.04. The van der Waals surface area contributed by atoms with Crippen LogP contribution in [0.15, 0.2) is 24.4 Å². The number of hydrogen-bond donors (Lipinski definition) is 0. The molecule has 1 heterocycles. The van der Waals surface area contributed by atoms with Gasteiger partial charge in [-0.2, -0.15) is 0 Å². The van der Waals surface area contributed by atoms with Gasteiger partial charge in [-0.05, 0) is 23.7 Å². The van der Waals surface area contributed by atoms with Crippen LogP contribution in [0.4, 0.5) is 8.78 Å². The van der Waals surface area contributed by atoms with Crippen molar-refractivity contribution in [3.05, 3.63) is 46.5 Å². The van der Waals surface area contributed by atoms with Gasteiger partial charge in [0.25, 0.3) is 0 Å². The van der Waals surface area contributed by atoms with Crippen molar-refractivity contribution in [2.24, 2.45) is 0 Å². The zero-order valence-corrected chi connectivity index (χ0v) is 8.80. The van der Waals surface area contributed by atoms with E-state index in [-0.39, 0.29) is 17.8 Å². The van der Waals surface area contributed by atoms with Gasteiger partial charge in [0.05, 0.1) is 6.20 Å². The summed E-state index contributed by atoms with van der Waals surface area (Å²) in [5, 5.41) is 3.49. The molecule has 0 aliphatic heterocycles. The first-order valence-corrected chi connectivity index (χ1v) is 5.19. The standard InChI is InChI=1S/C10H6F2N2OS/c11-7-2-1-3-8(12)6(7)4-9(15)10-5-13-14-16-10/h1-3,5H,4H2.